The summed E-state index contributed by atoms with van der Waals surface area (Å²) in [5.74, 6) is 0. The Hall–Kier alpha value is -3.35. The Balaban J connectivity index is 0.00000186. The van der Waals surface area contributed by atoms with Crippen LogP contribution in [0.3, 0.4) is 0 Å². The van der Waals surface area contributed by atoms with Gasteiger partial charge in [-0.25, -0.2) is 0 Å². The summed E-state index contributed by atoms with van der Waals surface area (Å²) in [6.45, 7) is 5.03. The minimum atomic E-state index is -4.68. The van der Waals surface area contributed by atoms with Gasteiger partial charge in [0, 0.05) is 0 Å². The van der Waals surface area contributed by atoms with Gasteiger partial charge in [0.05, 0.1) is 0 Å². The van der Waals surface area contributed by atoms with Crippen LogP contribution in [0.15, 0.2) is 149 Å². The SMILES string of the molecule is Cl.Cl.[CH2]=[Zr]([C]1=CC=CC1)([c]1cccc2c1c1c(c3ccccc32)-c2ccccc2C1)([CH](C)c1ccccc1)[CH](C)c1ccccc1. The Morgan fingerprint density at radius 3 is 1.80 bits per heavy atom. The van der Waals surface area contributed by atoms with Gasteiger partial charge in [-0.3, -0.25) is 0 Å². The molecule has 0 saturated carbocycles. The molecule has 0 spiro atoms. The van der Waals surface area contributed by atoms with Gasteiger partial charge in [-0.1, -0.05) is 0 Å². The Morgan fingerprint density at radius 1 is 0.609 bits per heavy atom. The molecule has 6 aromatic carbocycles. The Kier molecular flexibility index (Phi) is 8.75. The average Bonchev–Trinajstić information content (AvgIpc) is 3.78. The zero-order valence-electron chi connectivity index (χ0n) is 26.4. The van der Waals surface area contributed by atoms with Crippen LogP contribution >= 0.6 is 24.8 Å². The number of halogens is 2. The summed E-state index contributed by atoms with van der Waals surface area (Å²) in [5.41, 5.74) is 8.55. The van der Waals surface area contributed by atoms with E-state index in [2.05, 4.69) is 159 Å². The fourth-order valence-corrected chi connectivity index (χ4v) is 27.6. The van der Waals surface area contributed by atoms with E-state index in [0.717, 1.165) is 12.8 Å². The fourth-order valence-electron chi connectivity index (χ4n) is 9.11. The van der Waals surface area contributed by atoms with E-state index in [1.807, 2.05) is 0 Å². The summed E-state index contributed by atoms with van der Waals surface area (Å²) in [7, 11) is 0. The molecule has 46 heavy (non-hydrogen) atoms. The second kappa shape index (κ2) is 12.4. The van der Waals surface area contributed by atoms with Crippen LogP contribution in [-0.4, -0.2) is 4.21 Å². The molecular formula is C43H40Cl2Zr. The second-order valence-corrected chi connectivity index (χ2v) is 28.4. The van der Waals surface area contributed by atoms with E-state index in [9.17, 15) is 0 Å². The van der Waals surface area contributed by atoms with Gasteiger partial charge >= 0.3 is 264 Å². The molecule has 0 fully saturated rings. The molecule has 2 aliphatic carbocycles. The maximum atomic E-state index is 5.81. The van der Waals surface area contributed by atoms with Gasteiger partial charge in [-0.05, 0) is 0 Å². The number of hydrogen-bond acceptors (Lipinski definition) is 0. The summed E-state index contributed by atoms with van der Waals surface area (Å²) >= 11 is -4.68. The van der Waals surface area contributed by atoms with Gasteiger partial charge in [0.25, 0.3) is 0 Å². The van der Waals surface area contributed by atoms with Crippen LogP contribution in [0, 0.1) is 0 Å². The van der Waals surface area contributed by atoms with Gasteiger partial charge in [0.15, 0.2) is 0 Å². The first-order chi connectivity index (χ1) is 21.5. The zero-order valence-corrected chi connectivity index (χ0v) is 30.5. The van der Waals surface area contributed by atoms with Crippen LogP contribution < -0.4 is 3.27 Å². The van der Waals surface area contributed by atoms with Gasteiger partial charge in [-0.2, -0.15) is 0 Å². The van der Waals surface area contributed by atoms with Gasteiger partial charge < -0.3 is 0 Å². The Morgan fingerprint density at radius 2 is 1.17 bits per heavy atom. The van der Waals surface area contributed by atoms with Crippen LogP contribution in [0.4, 0.5) is 0 Å². The third kappa shape index (κ3) is 4.46. The van der Waals surface area contributed by atoms with Gasteiger partial charge in [-0.15, -0.1) is 24.8 Å². The zero-order chi connectivity index (χ0) is 29.9. The summed E-state index contributed by atoms with van der Waals surface area (Å²) in [6.07, 6.45) is 9.07. The monoisotopic (exact) mass is 716 g/mol. The van der Waals surface area contributed by atoms with Crippen LogP contribution in [-0.2, 0) is 24.7 Å². The quantitative estimate of drug-likeness (QED) is 0.150. The third-order valence-electron chi connectivity index (χ3n) is 11.6. The molecule has 6 aromatic rings. The van der Waals surface area contributed by atoms with E-state index in [0.29, 0.717) is 0 Å². The minimum absolute atomic E-state index is 0. The third-order valence-corrected chi connectivity index (χ3v) is 31.7. The molecule has 0 bridgehead atoms. The molecule has 0 heterocycles. The molecule has 2 atom stereocenters. The molecule has 0 aliphatic heterocycles. The average molecular weight is 719 g/mol. The second-order valence-electron chi connectivity index (χ2n) is 13.2. The van der Waals surface area contributed by atoms with Crippen molar-refractivity contribution in [1.82, 2.24) is 0 Å². The van der Waals surface area contributed by atoms with Gasteiger partial charge in [0.1, 0.15) is 0 Å². The topological polar surface area (TPSA) is 0 Å². The first-order valence-electron chi connectivity index (χ1n) is 16.1. The first kappa shape index (κ1) is 32.6. The normalized spacial score (nSPS) is 15.0. The van der Waals surface area contributed by atoms with Crippen molar-refractivity contribution >= 4 is 53.8 Å². The molecule has 3 heteroatoms. The first-order valence-corrected chi connectivity index (χ1v) is 23.1. The number of fused-ring (bicyclic) bond motifs is 8. The van der Waals surface area contributed by atoms with Crippen LogP contribution in [0.25, 0.3) is 32.7 Å². The molecule has 0 saturated heterocycles. The predicted molar refractivity (Wildman–Crippen MR) is 203 cm³/mol. The molecule has 0 radical (unpaired) electrons. The molecule has 0 amide bonds. The fraction of sp³-hybridized carbons (Fsp3) is 0.140. The number of benzene rings is 6. The van der Waals surface area contributed by atoms with Crippen molar-refractivity contribution in [2.45, 2.75) is 33.9 Å². The number of allylic oxidation sites excluding steroid dienone is 4. The molecule has 0 nitrogen and oxygen atoms in total. The van der Waals surface area contributed by atoms with E-state index in [4.69, 9.17) is 4.21 Å². The van der Waals surface area contributed by atoms with Crippen molar-refractivity contribution in [3.05, 3.63) is 171 Å². The number of rotatable bonds is 6. The van der Waals surface area contributed by atoms with E-state index in [1.165, 1.54) is 54.9 Å². The molecule has 2 unspecified atom stereocenters. The number of hydrogen-bond donors (Lipinski definition) is 0. The standard InChI is InChI=1S/C21H13.2C8H9.C5H5.CH2.2ClH.Zr/c1-2-8-15-14(7-1)13-20-18-11-4-3-9-16(18)17-10-5-6-12-19(17)21(15)20;2*1-2-8-6-4-3-5-7-8;1-2-4-5-3-1;;;;/h1-10,12H,13H2;2*2-7H,1H3;1-3H,4H2;1H2;2*1H;. The van der Waals surface area contributed by atoms with Crippen molar-refractivity contribution in [3.63, 3.8) is 0 Å². The Bertz CT molecular complexity index is 2160. The molecule has 0 N–H and O–H groups in total. The van der Waals surface area contributed by atoms with Crippen molar-refractivity contribution in [2.75, 3.05) is 0 Å². The van der Waals surface area contributed by atoms with E-state index < -0.39 is 18.3 Å². The van der Waals surface area contributed by atoms with Crippen molar-refractivity contribution in [3.8, 4) is 11.1 Å². The molecular weight excluding hydrogens is 679 g/mol. The maximum absolute atomic E-state index is 5.81. The van der Waals surface area contributed by atoms with Crippen LogP contribution in [0.2, 0.25) is 0 Å². The summed E-state index contributed by atoms with van der Waals surface area (Å²) < 4.78 is 9.52. The van der Waals surface area contributed by atoms with Crippen molar-refractivity contribution in [1.29, 1.82) is 0 Å². The molecule has 0 aromatic heterocycles. The molecule has 230 valence electrons. The van der Waals surface area contributed by atoms with E-state index in [-0.39, 0.29) is 32.1 Å². The van der Waals surface area contributed by atoms with E-state index >= 15 is 0 Å². The molecule has 2 aliphatic rings. The Labute approximate surface area is 286 Å². The van der Waals surface area contributed by atoms with Gasteiger partial charge in [0.2, 0.25) is 0 Å². The van der Waals surface area contributed by atoms with Crippen LogP contribution in [0.5, 0.6) is 0 Å². The summed E-state index contributed by atoms with van der Waals surface area (Å²) in [4.78, 5) is 0. The summed E-state index contributed by atoms with van der Waals surface area (Å²) in [6, 6.07) is 47.9. The van der Waals surface area contributed by atoms with E-state index in [1.54, 1.807) is 6.55 Å². The summed E-state index contributed by atoms with van der Waals surface area (Å²) in [5, 5.41) is 5.56. The molecule has 8 rings (SSSR count). The predicted octanol–water partition coefficient (Wildman–Crippen LogP) is 11.5. The van der Waals surface area contributed by atoms with Crippen LogP contribution in [0.1, 0.15) is 49.8 Å². The van der Waals surface area contributed by atoms with Crippen molar-refractivity contribution < 1.29 is 18.3 Å². The van der Waals surface area contributed by atoms with Crippen molar-refractivity contribution in [2.24, 2.45) is 0 Å².